The van der Waals surface area contributed by atoms with Gasteiger partial charge in [0.2, 0.25) is 5.91 Å². The standard InChI is InChI=1S/C31H39N3O4/c1-31(2)23-12-11-22(24(31)19-23)14-17-38-27-13-10-21(18-28(27)37-3)20-34(26-9-5-7-16-33-29(26)35)30(36)25-8-4-6-15-32-25/h4,6,8,10-11,13,15,18,23-24,26H,5,7,9,12,14,16-17,19-20H2,1-3H3,(H,33,35)/t23-,24-,26-/m0/s1. The number of methoxy groups -OCH3 is 1. The van der Waals surface area contributed by atoms with Gasteiger partial charge in [0.15, 0.2) is 11.5 Å². The van der Waals surface area contributed by atoms with E-state index in [0.29, 0.717) is 48.1 Å². The minimum absolute atomic E-state index is 0.114. The summed E-state index contributed by atoms with van der Waals surface area (Å²) in [6.07, 6.45) is 9.84. The number of hydrogen-bond donors (Lipinski definition) is 1. The van der Waals surface area contributed by atoms with Crippen LogP contribution in [0.2, 0.25) is 0 Å². The van der Waals surface area contributed by atoms with E-state index in [1.165, 1.54) is 18.4 Å². The summed E-state index contributed by atoms with van der Waals surface area (Å²) in [6, 6.07) is 10.5. The van der Waals surface area contributed by atoms with Crippen molar-refractivity contribution in [1.29, 1.82) is 0 Å². The average molecular weight is 518 g/mol. The number of carbonyl (C=O) groups is 2. The Bertz CT molecular complexity index is 1190. The molecule has 1 saturated carbocycles. The van der Waals surface area contributed by atoms with Crippen LogP contribution in [0.4, 0.5) is 0 Å². The number of ether oxygens (including phenoxy) is 2. The number of hydrogen-bond acceptors (Lipinski definition) is 5. The Balaban J connectivity index is 1.29. The number of fused-ring (bicyclic) bond motifs is 1. The molecule has 3 aliphatic carbocycles. The summed E-state index contributed by atoms with van der Waals surface area (Å²) in [4.78, 5) is 32.3. The fourth-order valence-electron chi connectivity index (χ4n) is 6.34. The number of pyridine rings is 1. The number of nitrogens with zero attached hydrogens (tertiary/aromatic N) is 2. The highest BCUT2D eigenvalue weighted by atomic mass is 16.5. The lowest BCUT2D eigenvalue weighted by molar-refractivity contribution is -0.125. The van der Waals surface area contributed by atoms with E-state index in [1.807, 2.05) is 18.2 Å². The highest BCUT2D eigenvalue weighted by Gasteiger charge is 2.50. The normalized spacial score (nSPS) is 23.8. The lowest BCUT2D eigenvalue weighted by Crippen LogP contribution is -2.48. The zero-order valence-electron chi connectivity index (χ0n) is 22.7. The van der Waals surface area contributed by atoms with E-state index in [-0.39, 0.29) is 18.4 Å². The second-order valence-corrected chi connectivity index (χ2v) is 11.4. The topological polar surface area (TPSA) is 80.8 Å². The molecule has 6 rings (SSSR count). The van der Waals surface area contributed by atoms with Crippen molar-refractivity contribution < 1.29 is 19.1 Å². The first kappa shape index (κ1) is 26.3. The van der Waals surface area contributed by atoms with Gasteiger partial charge in [-0.25, -0.2) is 0 Å². The quantitative estimate of drug-likeness (QED) is 0.465. The third-order valence-corrected chi connectivity index (χ3v) is 8.84. The number of aromatic nitrogens is 1. The highest BCUT2D eigenvalue weighted by Crippen LogP contribution is 2.59. The van der Waals surface area contributed by atoms with Crippen molar-refractivity contribution in [3.05, 3.63) is 65.5 Å². The van der Waals surface area contributed by atoms with Gasteiger partial charge in [0.25, 0.3) is 5.91 Å². The lowest BCUT2D eigenvalue weighted by Gasteiger charge is -2.56. The van der Waals surface area contributed by atoms with Crippen molar-refractivity contribution in [3.63, 3.8) is 0 Å². The minimum Gasteiger partial charge on any atom is -0.493 e. The Morgan fingerprint density at radius 2 is 2.05 bits per heavy atom. The summed E-state index contributed by atoms with van der Waals surface area (Å²) in [5.41, 5.74) is 3.14. The number of amides is 2. The molecule has 3 atom stereocenters. The average Bonchev–Trinajstić information content (AvgIpc) is 3.16. The summed E-state index contributed by atoms with van der Waals surface area (Å²) in [5.74, 6) is 2.45. The highest BCUT2D eigenvalue weighted by molar-refractivity contribution is 5.96. The maximum Gasteiger partial charge on any atom is 0.273 e. The third-order valence-electron chi connectivity index (χ3n) is 8.84. The predicted molar refractivity (Wildman–Crippen MR) is 146 cm³/mol. The zero-order valence-corrected chi connectivity index (χ0v) is 22.7. The molecular weight excluding hydrogens is 478 g/mol. The second kappa shape index (κ2) is 11.2. The molecule has 1 saturated heterocycles. The van der Waals surface area contributed by atoms with Gasteiger partial charge >= 0.3 is 0 Å². The molecule has 4 aliphatic rings. The Labute approximate surface area is 225 Å². The zero-order chi connectivity index (χ0) is 26.7. The van der Waals surface area contributed by atoms with Gasteiger partial charge in [0.1, 0.15) is 11.7 Å². The van der Waals surface area contributed by atoms with Crippen LogP contribution < -0.4 is 14.8 Å². The number of rotatable bonds is 9. The van der Waals surface area contributed by atoms with Crippen LogP contribution in [0.25, 0.3) is 0 Å². The Hall–Kier alpha value is -3.35. The van der Waals surface area contributed by atoms with Gasteiger partial charge in [0, 0.05) is 25.7 Å². The van der Waals surface area contributed by atoms with Crippen LogP contribution >= 0.6 is 0 Å². The van der Waals surface area contributed by atoms with Gasteiger partial charge in [-0.1, -0.05) is 37.6 Å². The number of carbonyl (C=O) groups excluding carboxylic acids is 2. The molecule has 0 unspecified atom stereocenters. The van der Waals surface area contributed by atoms with E-state index in [2.05, 4.69) is 30.2 Å². The maximum atomic E-state index is 13.5. The minimum atomic E-state index is -0.548. The number of allylic oxidation sites excluding steroid dienone is 1. The molecule has 38 heavy (non-hydrogen) atoms. The molecule has 2 heterocycles. The van der Waals surface area contributed by atoms with Crippen LogP contribution in [0.3, 0.4) is 0 Å². The molecule has 1 aromatic carbocycles. The number of benzene rings is 1. The number of nitrogens with one attached hydrogen (secondary N) is 1. The van der Waals surface area contributed by atoms with E-state index in [0.717, 1.165) is 30.7 Å². The molecule has 1 N–H and O–H groups in total. The monoisotopic (exact) mass is 517 g/mol. The second-order valence-electron chi connectivity index (χ2n) is 11.4. The van der Waals surface area contributed by atoms with Crippen LogP contribution in [-0.2, 0) is 11.3 Å². The fourth-order valence-corrected chi connectivity index (χ4v) is 6.34. The predicted octanol–water partition coefficient (Wildman–Crippen LogP) is 5.16. The largest absolute Gasteiger partial charge is 0.493 e. The first-order valence-corrected chi connectivity index (χ1v) is 13.9. The van der Waals surface area contributed by atoms with Crippen LogP contribution in [0.5, 0.6) is 11.5 Å². The summed E-state index contributed by atoms with van der Waals surface area (Å²) >= 11 is 0. The lowest BCUT2D eigenvalue weighted by atomic mass is 9.48. The van der Waals surface area contributed by atoms with Crippen molar-refractivity contribution in [2.24, 2.45) is 17.3 Å². The molecule has 1 aromatic heterocycles. The SMILES string of the molecule is COc1cc(CN(C(=O)c2ccccn2)[C@H]2CCCCNC2=O)ccc1OCCC1=CC[C@H]2C[C@@H]1C2(C)C. The molecule has 0 spiro atoms. The summed E-state index contributed by atoms with van der Waals surface area (Å²) < 4.78 is 11.8. The molecule has 2 fully saturated rings. The summed E-state index contributed by atoms with van der Waals surface area (Å²) in [7, 11) is 1.63. The maximum absolute atomic E-state index is 13.5. The smallest absolute Gasteiger partial charge is 0.273 e. The summed E-state index contributed by atoms with van der Waals surface area (Å²) in [5, 5.41) is 2.96. The van der Waals surface area contributed by atoms with Gasteiger partial charge in [-0.3, -0.25) is 14.6 Å². The Kier molecular flexibility index (Phi) is 7.73. The molecule has 7 nitrogen and oxygen atoms in total. The third kappa shape index (κ3) is 5.29. The molecule has 2 bridgehead atoms. The Morgan fingerprint density at radius 1 is 1.18 bits per heavy atom. The molecule has 1 aliphatic heterocycles. The van der Waals surface area contributed by atoms with E-state index in [1.54, 1.807) is 36.4 Å². The van der Waals surface area contributed by atoms with Crippen LogP contribution in [-0.4, -0.2) is 48.0 Å². The van der Waals surface area contributed by atoms with Gasteiger partial charge in [-0.05, 0) is 79.2 Å². The van der Waals surface area contributed by atoms with Crippen LogP contribution in [0, 0.1) is 17.3 Å². The van der Waals surface area contributed by atoms with Gasteiger partial charge in [0.05, 0.1) is 13.7 Å². The van der Waals surface area contributed by atoms with Gasteiger partial charge in [-0.2, -0.15) is 0 Å². The molecule has 7 heteroatoms. The van der Waals surface area contributed by atoms with Crippen molar-refractivity contribution in [2.45, 2.75) is 65.0 Å². The van der Waals surface area contributed by atoms with E-state index >= 15 is 0 Å². The first-order chi connectivity index (χ1) is 18.4. The van der Waals surface area contributed by atoms with E-state index in [9.17, 15) is 9.59 Å². The molecule has 0 radical (unpaired) electrons. The van der Waals surface area contributed by atoms with Gasteiger partial charge < -0.3 is 19.7 Å². The van der Waals surface area contributed by atoms with Crippen LogP contribution in [0.1, 0.15) is 68.4 Å². The van der Waals surface area contributed by atoms with Crippen molar-refractivity contribution in [1.82, 2.24) is 15.2 Å². The van der Waals surface area contributed by atoms with Crippen molar-refractivity contribution >= 4 is 11.8 Å². The molecule has 2 amide bonds. The molecular formula is C31H39N3O4. The first-order valence-electron chi connectivity index (χ1n) is 13.9. The van der Waals surface area contributed by atoms with E-state index in [4.69, 9.17) is 9.47 Å². The van der Waals surface area contributed by atoms with Crippen molar-refractivity contribution in [2.75, 3.05) is 20.3 Å². The van der Waals surface area contributed by atoms with E-state index < -0.39 is 6.04 Å². The van der Waals surface area contributed by atoms with Crippen LogP contribution in [0.15, 0.2) is 54.2 Å². The molecule has 2 aromatic rings. The summed E-state index contributed by atoms with van der Waals surface area (Å²) in [6.45, 7) is 6.29. The van der Waals surface area contributed by atoms with Gasteiger partial charge in [-0.15, -0.1) is 0 Å². The Morgan fingerprint density at radius 3 is 2.79 bits per heavy atom. The van der Waals surface area contributed by atoms with Crippen molar-refractivity contribution in [3.8, 4) is 11.5 Å². The molecule has 202 valence electrons. The fraction of sp³-hybridized carbons (Fsp3) is 0.516.